The minimum atomic E-state index is -0.242. The molecule has 0 spiro atoms. The van der Waals surface area contributed by atoms with Crippen molar-refractivity contribution in [2.24, 2.45) is 10.2 Å². The standard InChI is InChI=1S/C17H11BrN4O/c18-11-5-6-15-13(7-11)16(17(23)21-15)22-20-9-10-8-19-14-4-2-1-3-12(10)14/h1-9,19H,(H,21,22,23)/b20-9+. The molecule has 0 unspecified atom stereocenters. The van der Waals surface area contributed by atoms with Crippen LogP contribution in [0.15, 0.2) is 63.3 Å². The Kier molecular flexibility index (Phi) is 3.31. The number of amides is 1. The van der Waals surface area contributed by atoms with Crippen molar-refractivity contribution in [1.29, 1.82) is 0 Å². The van der Waals surface area contributed by atoms with Gasteiger partial charge < -0.3 is 10.3 Å². The fraction of sp³-hybridized carbons (Fsp3) is 0. The minimum absolute atomic E-state index is 0.242. The second kappa shape index (κ2) is 5.48. The van der Waals surface area contributed by atoms with Gasteiger partial charge in [-0.05, 0) is 24.3 Å². The third kappa shape index (κ3) is 2.47. The van der Waals surface area contributed by atoms with E-state index in [2.05, 4.69) is 36.4 Å². The number of anilines is 1. The van der Waals surface area contributed by atoms with Gasteiger partial charge in [0.05, 0.1) is 11.9 Å². The zero-order valence-electron chi connectivity index (χ0n) is 11.9. The van der Waals surface area contributed by atoms with E-state index in [4.69, 9.17) is 0 Å². The van der Waals surface area contributed by atoms with Crippen LogP contribution in [0.3, 0.4) is 0 Å². The van der Waals surface area contributed by atoms with Gasteiger partial charge in [-0.15, -0.1) is 5.10 Å². The van der Waals surface area contributed by atoms with Crippen molar-refractivity contribution < 1.29 is 4.79 Å². The number of para-hydroxylation sites is 1. The van der Waals surface area contributed by atoms with Crippen molar-refractivity contribution in [2.75, 3.05) is 5.32 Å². The van der Waals surface area contributed by atoms with Crippen molar-refractivity contribution in [3.05, 3.63) is 64.3 Å². The Morgan fingerprint density at radius 1 is 1.13 bits per heavy atom. The fourth-order valence-electron chi connectivity index (χ4n) is 2.57. The van der Waals surface area contributed by atoms with Crippen LogP contribution in [0.5, 0.6) is 0 Å². The van der Waals surface area contributed by atoms with E-state index in [1.54, 1.807) is 6.21 Å². The number of aromatic nitrogens is 1. The maximum absolute atomic E-state index is 12.0. The Morgan fingerprint density at radius 2 is 2.00 bits per heavy atom. The topological polar surface area (TPSA) is 69.6 Å². The van der Waals surface area contributed by atoms with Crippen LogP contribution in [-0.4, -0.2) is 22.8 Å². The lowest BCUT2D eigenvalue weighted by Gasteiger charge is -1.96. The number of nitrogens with zero attached hydrogens (tertiary/aromatic N) is 2. The number of carbonyl (C=O) groups excluding carboxylic acids is 1. The van der Waals surface area contributed by atoms with E-state index in [-0.39, 0.29) is 5.91 Å². The van der Waals surface area contributed by atoms with Crippen molar-refractivity contribution in [1.82, 2.24) is 4.98 Å². The quantitative estimate of drug-likeness (QED) is 0.526. The molecular formula is C17H11BrN4O. The highest BCUT2D eigenvalue weighted by Gasteiger charge is 2.26. The summed E-state index contributed by atoms with van der Waals surface area (Å²) in [6.07, 6.45) is 3.52. The van der Waals surface area contributed by atoms with Gasteiger partial charge in [0.1, 0.15) is 0 Å². The van der Waals surface area contributed by atoms with Gasteiger partial charge in [0.25, 0.3) is 5.91 Å². The molecule has 6 heteroatoms. The molecule has 0 radical (unpaired) electrons. The molecule has 2 aromatic carbocycles. The van der Waals surface area contributed by atoms with Crippen molar-refractivity contribution in [3.63, 3.8) is 0 Å². The average Bonchev–Trinajstić information content (AvgIpc) is 3.09. The predicted octanol–water partition coefficient (Wildman–Crippen LogP) is 3.71. The largest absolute Gasteiger partial charge is 0.361 e. The van der Waals surface area contributed by atoms with E-state index >= 15 is 0 Å². The number of rotatable bonds is 2. The minimum Gasteiger partial charge on any atom is -0.361 e. The Morgan fingerprint density at radius 3 is 2.91 bits per heavy atom. The summed E-state index contributed by atoms with van der Waals surface area (Å²) in [5.74, 6) is -0.242. The first-order chi connectivity index (χ1) is 11.2. The summed E-state index contributed by atoms with van der Waals surface area (Å²) in [4.78, 5) is 15.2. The lowest BCUT2D eigenvalue weighted by atomic mass is 10.1. The summed E-state index contributed by atoms with van der Waals surface area (Å²) in [6, 6.07) is 13.5. The number of halogens is 1. The van der Waals surface area contributed by atoms with E-state index in [1.165, 1.54) is 0 Å². The fourth-order valence-corrected chi connectivity index (χ4v) is 2.94. The van der Waals surface area contributed by atoms with Crippen LogP contribution in [0.2, 0.25) is 0 Å². The molecule has 3 aromatic rings. The molecule has 23 heavy (non-hydrogen) atoms. The molecule has 1 amide bonds. The molecule has 4 rings (SSSR count). The molecule has 112 valence electrons. The third-order valence-corrected chi connectivity index (χ3v) is 4.17. The lowest BCUT2D eigenvalue weighted by molar-refractivity contribution is -0.110. The van der Waals surface area contributed by atoms with Crippen LogP contribution in [-0.2, 0) is 4.79 Å². The molecule has 0 saturated carbocycles. The Labute approximate surface area is 140 Å². The summed E-state index contributed by atoms with van der Waals surface area (Å²) in [5, 5.41) is 12.0. The number of aromatic amines is 1. The van der Waals surface area contributed by atoms with Crippen molar-refractivity contribution in [3.8, 4) is 0 Å². The highest BCUT2D eigenvalue weighted by molar-refractivity contribution is 9.10. The van der Waals surface area contributed by atoms with Gasteiger partial charge in [0.2, 0.25) is 0 Å². The first-order valence-corrected chi connectivity index (χ1v) is 7.80. The first kappa shape index (κ1) is 13.9. The summed E-state index contributed by atoms with van der Waals surface area (Å²) < 4.78 is 0.890. The van der Waals surface area contributed by atoms with E-state index < -0.39 is 0 Å². The van der Waals surface area contributed by atoms with Crippen LogP contribution >= 0.6 is 15.9 Å². The Hall–Kier alpha value is -2.73. The summed E-state index contributed by atoms with van der Waals surface area (Å²) in [5.41, 5.74) is 3.78. The number of carbonyl (C=O) groups is 1. The van der Waals surface area contributed by atoms with E-state index in [0.717, 1.165) is 32.2 Å². The molecule has 2 N–H and O–H groups in total. The van der Waals surface area contributed by atoms with Gasteiger partial charge in [0.15, 0.2) is 5.71 Å². The van der Waals surface area contributed by atoms with Gasteiger partial charge in [-0.1, -0.05) is 34.1 Å². The highest BCUT2D eigenvalue weighted by Crippen LogP contribution is 2.27. The Bertz CT molecular complexity index is 987. The lowest BCUT2D eigenvalue weighted by Crippen LogP contribution is -2.13. The number of hydrogen-bond acceptors (Lipinski definition) is 3. The van der Waals surface area contributed by atoms with Crippen LogP contribution in [0.4, 0.5) is 5.69 Å². The van der Waals surface area contributed by atoms with Gasteiger partial charge in [-0.25, -0.2) is 0 Å². The molecule has 1 aliphatic heterocycles. The van der Waals surface area contributed by atoms with Gasteiger partial charge >= 0.3 is 0 Å². The first-order valence-electron chi connectivity index (χ1n) is 7.01. The Balaban J connectivity index is 1.69. The van der Waals surface area contributed by atoms with Gasteiger partial charge in [0, 0.05) is 32.7 Å². The molecule has 0 atom stereocenters. The molecule has 2 heterocycles. The van der Waals surface area contributed by atoms with Crippen LogP contribution in [0.1, 0.15) is 11.1 Å². The van der Waals surface area contributed by atoms with Gasteiger partial charge in [-0.2, -0.15) is 5.10 Å². The van der Waals surface area contributed by atoms with E-state index in [1.807, 2.05) is 48.7 Å². The number of benzene rings is 2. The molecule has 1 aliphatic rings. The van der Waals surface area contributed by atoms with Gasteiger partial charge in [-0.3, -0.25) is 4.79 Å². The SMILES string of the molecule is O=C1Nc2ccc(Br)cc2/C1=N/N=C/c1c[nH]c2ccccc12. The third-order valence-electron chi connectivity index (χ3n) is 3.68. The zero-order valence-corrected chi connectivity index (χ0v) is 13.5. The molecule has 0 saturated heterocycles. The maximum Gasteiger partial charge on any atom is 0.276 e. The molecule has 0 fully saturated rings. The highest BCUT2D eigenvalue weighted by atomic mass is 79.9. The zero-order chi connectivity index (χ0) is 15.8. The summed E-state index contributed by atoms with van der Waals surface area (Å²) >= 11 is 3.40. The normalized spacial score (nSPS) is 15.5. The monoisotopic (exact) mass is 366 g/mol. The second-order valence-electron chi connectivity index (χ2n) is 5.13. The summed E-state index contributed by atoms with van der Waals surface area (Å²) in [6.45, 7) is 0. The van der Waals surface area contributed by atoms with Crippen molar-refractivity contribution in [2.45, 2.75) is 0 Å². The van der Waals surface area contributed by atoms with Crippen LogP contribution in [0, 0.1) is 0 Å². The molecule has 1 aromatic heterocycles. The second-order valence-corrected chi connectivity index (χ2v) is 6.04. The number of H-pyrrole nitrogens is 1. The predicted molar refractivity (Wildman–Crippen MR) is 95.2 cm³/mol. The number of fused-ring (bicyclic) bond motifs is 2. The molecule has 0 aliphatic carbocycles. The van der Waals surface area contributed by atoms with E-state index in [9.17, 15) is 4.79 Å². The smallest absolute Gasteiger partial charge is 0.276 e. The molecule has 0 bridgehead atoms. The van der Waals surface area contributed by atoms with Crippen LogP contribution in [0.25, 0.3) is 10.9 Å². The van der Waals surface area contributed by atoms with Crippen LogP contribution < -0.4 is 5.32 Å². The van der Waals surface area contributed by atoms with Crippen molar-refractivity contribution >= 4 is 50.4 Å². The van der Waals surface area contributed by atoms with E-state index in [0.29, 0.717) is 5.71 Å². The molecule has 5 nitrogen and oxygen atoms in total. The average molecular weight is 367 g/mol. The summed E-state index contributed by atoms with van der Waals surface area (Å²) in [7, 11) is 0. The number of nitrogens with one attached hydrogen (secondary N) is 2. The molecular weight excluding hydrogens is 356 g/mol. The number of hydrogen-bond donors (Lipinski definition) is 2. The maximum atomic E-state index is 12.0.